The first-order valence-corrected chi connectivity index (χ1v) is 7.93. The Labute approximate surface area is 149 Å². The predicted molar refractivity (Wildman–Crippen MR) is 99.7 cm³/mol. The van der Waals surface area contributed by atoms with Gasteiger partial charge in [-0.05, 0) is 41.6 Å². The summed E-state index contributed by atoms with van der Waals surface area (Å²) in [6, 6.07) is 13.0. The standard InChI is InChI=1S/C20H18N2O4/c1-12-5-3-4-6-14(12)17-10-22-20(24)16-9-13(7-8-15(16)17)26-18(11-25-2)19(21)23/h3-11H,1-2H3,(H2,21,23)(H,22,24). The molecule has 0 unspecified atom stereocenters. The lowest BCUT2D eigenvalue weighted by atomic mass is 9.97. The number of aromatic amines is 1. The number of rotatable bonds is 5. The van der Waals surface area contributed by atoms with Crippen molar-refractivity contribution >= 4 is 16.7 Å². The first kappa shape index (κ1) is 17.3. The van der Waals surface area contributed by atoms with Gasteiger partial charge in [-0.3, -0.25) is 9.59 Å². The maximum Gasteiger partial charge on any atom is 0.287 e. The molecule has 0 aliphatic rings. The molecule has 0 saturated heterocycles. The third-order valence-corrected chi connectivity index (χ3v) is 4.00. The van der Waals surface area contributed by atoms with Gasteiger partial charge in [0.25, 0.3) is 11.5 Å². The maximum absolute atomic E-state index is 12.3. The van der Waals surface area contributed by atoms with Crippen molar-refractivity contribution in [2.75, 3.05) is 7.11 Å². The van der Waals surface area contributed by atoms with Crippen LogP contribution in [-0.2, 0) is 9.53 Å². The fraction of sp³-hybridized carbons (Fsp3) is 0.100. The van der Waals surface area contributed by atoms with Crippen molar-refractivity contribution in [3.63, 3.8) is 0 Å². The van der Waals surface area contributed by atoms with Crippen molar-refractivity contribution in [2.24, 2.45) is 5.73 Å². The van der Waals surface area contributed by atoms with Crippen molar-refractivity contribution in [1.29, 1.82) is 0 Å². The normalized spacial score (nSPS) is 11.4. The summed E-state index contributed by atoms with van der Waals surface area (Å²) in [6.07, 6.45) is 2.81. The number of aromatic nitrogens is 1. The number of amides is 1. The number of nitrogens with one attached hydrogen (secondary N) is 1. The van der Waals surface area contributed by atoms with Gasteiger partial charge in [0.1, 0.15) is 12.0 Å². The van der Waals surface area contributed by atoms with Crippen molar-refractivity contribution in [3.8, 4) is 16.9 Å². The van der Waals surface area contributed by atoms with Gasteiger partial charge in [-0.2, -0.15) is 0 Å². The van der Waals surface area contributed by atoms with E-state index < -0.39 is 5.91 Å². The summed E-state index contributed by atoms with van der Waals surface area (Å²) in [4.78, 5) is 26.4. The number of benzene rings is 2. The third kappa shape index (κ3) is 3.30. The molecule has 0 bridgehead atoms. The molecule has 2 aromatic carbocycles. The average Bonchev–Trinajstić information content (AvgIpc) is 2.63. The first-order valence-electron chi connectivity index (χ1n) is 7.93. The van der Waals surface area contributed by atoms with E-state index in [-0.39, 0.29) is 11.3 Å². The van der Waals surface area contributed by atoms with Gasteiger partial charge in [-0.25, -0.2) is 0 Å². The molecule has 1 aromatic heterocycles. The number of fused-ring (bicyclic) bond motifs is 1. The largest absolute Gasteiger partial charge is 0.500 e. The summed E-state index contributed by atoms with van der Waals surface area (Å²) >= 11 is 0. The number of H-pyrrole nitrogens is 1. The fourth-order valence-corrected chi connectivity index (χ4v) is 2.77. The zero-order valence-electron chi connectivity index (χ0n) is 14.4. The second kappa shape index (κ2) is 7.14. The van der Waals surface area contributed by atoms with E-state index in [0.29, 0.717) is 11.1 Å². The highest BCUT2D eigenvalue weighted by molar-refractivity contribution is 5.97. The molecular formula is C20H18N2O4. The lowest BCUT2D eigenvalue weighted by molar-refractivity contribution is -0.116. The highest BCUT2D eigenvalue weighted by Crippen LogP contribution is 2.30. The van der Waals surface area contributed by atoms with Crippen LogP contribution in [0.5, 0.6) is 5.75 Å². The Hall–Kier alpha value is -3.54. The summed E-state index contributed by atoms with van der Waals surface area (Å²) in [6.45, 7) is 2.01. The molecule has 132 valence electrons. The molecule has 1 amide bonds. The fourth-order valence-electron chi connectivity index (χ4n) is 2.77. The van der Waals surface area contributed by atoms with E-state index in [2.05, 4.69) is 4.98 Å². The number of aryl methyl sites for hydroxylation is 1. The van der Waals surface area contributed by atoms with Crippen LogP contribution in [0.15, 0.2) is 65.5 Å². The summed E-state index contributed by atoms with van der Waals surface area (Å²) < 4.78 is 10.2. The van der Waals surface area contributed by atoms with Gasteiger partial charge in [-0.1, -0.05) is 24.3 Å². The zero-order chi connectivity index (χ0) is 18.7. The van der Waals surface area contributed by atoms with E-state index in [1.54, 1.807) is 24.4 Å². The minimum absolute atomic E-state index is 0.154. The van der Waals surface area contributed by atoms with Gasteiger partial charge in [0.15, 0.2) is 0 Å². The van der Waals surface area contributed by atoms with Crippen molar-refractivity contribution < 1.29 is 14.3 Å². The lowest BCUT2D eigenvalue weighted by Crippen LogP contribution is -2.18. The van der Waals surface area contributed by atoms with Crippen LogP contribution in [-0.4, -0.2) is 18.0 Å². The quantitative estimate of drug-likeness (QED) is 0.546. The topological polar surface area (TPSA) is 94.4 Å². The maximum atomic E-state index is 12.3. The van der Waals surface area contributed by atoms with Gasteiger partial charge in [0, 0.05) is 11.8 Å². The van der Waals surface area contributed by atoms with Gasteiger partial charge < -0.3 is 20.2 Å². The molecule has 0 aliphatic carbocycles. The number of carbonyl (C=O) groups excluding carboxylic acids is 1. The molecular weight excluding hydrogens is 332 g/mol. The molecule has 3 aromatic rings. The molecule has 3 rings (SSSR count). The van der Waals surface area contributed by atoms with Crippen molar-refractivity contribution in [3.05, 3.63) is 76.6 Å². The van der Waals surface area contributed by atoms with Crippen LogP contribution >= 0.6 is 0 Å². The van der Waals surface area contributed by atoms with E-state index in [4.69, 9.17) is 15.2 Å². The minimum Gasteiger partial charge on any atom is -0.500 e. The highest BCUT2D eigenvalue weighted by atomic mass is 16.5. The van der Waals surface area contributed by atoms with Crippen LogP contribution < -0.4 is 16.0 Å². The minimum atomic E-state index is -0.769. The SMILES string of the molecule is COC=C(Oc1ccc2c(-c3ccccc3C)c[nH]c(=O)c2c1)C(N)=O. The van der Waals surface area contributed by atoms with Crippen LogP contribution in [0.3, 0.4) is 0 Å². The molecule has 1 heterocycles. The van der Waals surface area contributed by atoms with Crippen LogP contribution in [0.2, 0.25) is 0 Å². The second-order valence-electron chi connectivity index (χ2n) is 5.74. The Balaban J connectivity index is 2.13. The average molecular weight is 350 g/mol. The third-order valence-electron chi connectivity index (χ3n) is 4.00. The zero-order valence-corrected chi connectivity index (χ0v) is 14.4. The first-order chi connectivity index (χ1) is 12.5. The van der Waals surface area contributed by atoms with Gasteiger partial charge in [0.05, 0.1) is 12.5 Å². The monoisotopic (exact) mass is 350 g/mol. The molecule has 6 nitrogen and oxygen atoms in total. The molecule has 0 fully saturated rings. The van der Waals surface area contributed by atoms with Gasteiger partial charge >= 0.3 is 0 Å². The molecule has 0 spiro atoms. The number of carbonyl (C=O) groups is 1. The second-order valence-corrected chi connectivity index (χ2v) is 5.74. The Morgan fingerprint density at radius 3 is 2.58 bits per heavy atom. The summed E-state index contributed by atoms with van der Waals surface area (Å²) in [5, 5.41) is 1.23. The number of pyridine rings is 1. The Morgan fingerprint density at radius 1 is 1.12 bits per heavy atom. The van der Waals surface area contributed by atoms with E-state index in [9.17, 15) is 9.59 Å². The predicted octanol–water partition coefficient (Wildman–Crippen LogP) is 2.86. The number of methoxy groups -OCH3 is 1. The van der Waals surface area contributed by atoms with E-state index in [1.807, 2.05) is 31.2 Å². The molecule has 6 heteroatoms. The summed E-state index contributed by atoms with van der Waals surface area (Å²) in [5.74, 6) is -0.611. The summed E-state index contributed by atoms with van der Waals surface area (Å²) in [7, 11) is 1.38. The van der Waals surface area contributed by atoms with Gasteiger partial charge in [0.2, 0.25) is 5.76 Å². The van der Waals surface area contributed by atoms with E-state index in [0.717, 1.165) is 28.3 Å². The van der Waals surface area contributed by atoms with Crippen LogP contribution in [0.4, 0.5) is 0 Å². The molecule has 0 saturated carbocycles. The molecule has 26 heavy (non-hydrogen) atoms. The Bertz CT molecular complexity index is 1070. The van der Waals surface area contributed by atoms with Gasteiger partial charge in [-0.15, -0.1) is 0 Å². The van der Waals surface area contributed by atoms with Crippen molar-refractivity contribution in [2.45, 2.75) is 6.92 Å². The molecule has 0 aliphatic heterocycles. The Kier molecular flexibility index (Phi) is 4.75. The number of nitrogens with two attached hydrogens (primary N) is 1. The number of hydrogen-bond acceptors (Lipinski definition) is 4. The number of primary amides is 1. The number of ether oxygens (including phenoxy) is 2. The molecule has 3 N–H and O–H groups in total. The van der Waals surface area contributed by atoms with E-state index in [1.165, 1.54) is 7.11 Å². The van der Waals surface area contributed by atoms with Crippen LogP contribution in [0.25, 0.3) is 21.9 Å². The lowest BCUT2D eigenvalue weighted by Gasteiger charge is -2.11. The summed E-state index contributed by atoms with van der Waals surface area (Å²) in [5.41, 5.74) is 8.03. The van der Waals surface area contributed by atoms with Crippen molar-refractivity contribution in [1.82, 2.24) is 4.98 Å². The smallest absolute Gasteiger partial charge is 0.287 e. The van der Waals surface area contributed by atoms with Crippen LogP contribution in [0, 0.1) is 6.92 Å². The van der Waals surface area contributed by atoms with E-state index >= 15 is 0 Å². The van der Waals surface area contributed by atoms with Crippen LogP contribution in [0.1, 0.15) is 5.56 Å². The molecule has 0 atom stereocenters. The Morgan fingerprint density at radius 2 is 1.88 bits per heavy atom. The molecule has 0 radical (unpaired) electrons. The number of hydrogen-bond donors (Lipinski definition) is 2. The highest BCUT2D eigenvalue weighted by Gasteiger charge is 2.12.